The van der Waals surface area contributed by atoms with Crippen molar-refractivity contribution in [1.82, 2.24) is 14.4 Å². The molecule has 0 atom stereocenters. The summed E-state index contributed by atoms with van der Waals surface area (Å²) in [6.45, 7) is 0. The predicted molar refractivity (Wildman–Crippen MR) is 46.0 cm³/mol. The van der Waals surface area contributed by atoms with Gasteiger partial charge in [0.25, 0.3) is 0 Å². The van der Waals surface area contributed by atoms with E-state index >= 15 is 0 Å². The first-order chi connectivity index (χ1) is 4.88. The van der Waals surface area contributed by atoms with E-state index in [4.69, 9.17) is 0 Å². The molecule has 0 aliphatic rings. The van der Waals surface area contributed by atoms with Gasteiger partial charge in [-0.25, -0.2) is 9.97 Å². The Morgan fingerprint density at radius 3 is 3.00 bits per heavy atom. The molecule has 0 bridgehead atoms. The Balaban J connectivity index is 0.000000605. The Morgan fingerprint density at radius 2 is 2.27 bits per heavy atom. The molecule has 3 nitrogen and oxygen atoms in total. The average Bonchev–Trinajstić information content (AvgIpc) is 2.36. The minimum Gasteiger partial charge on any atom is -0.290 e. The molecular formula is C6H5N3NaS. The Bertz CT molecular complexity index is 359. The van der Waals surface area contributed by atoms with Gasteiger partial charge in [0.15, 0.2) is 5.65 Å². The summed E-state index contributed by atoms with van der Waals surface area (Å²) in [5, 5.41) is 0. The van der Waals surface area contributed by atoms with E-state index < -0.39 is 0 Å². The second kappa shape index (κ2) is 3.58. The van der Waals surface area contributed by atoms with Crippen molar-refractivity contribution in [1.29, 1.82) is 0 Å². The van der Waals surface area contributed by atoms with Crippen molar-refractivity contribution >= 4 is 47.8 Å². The molecule has 0 amide bonds. The predicted octanol–water partition coefficient (Wildman–Crippen LogP) is 0.637. The molecule has 2 rings (SSSR count). The van der Waals surface area contributed by atoms with Gasteiger partial charge in [-0.1, -0.05) is 0 Å². The van der Waals surface area contributed by atoms with Gasteiger partial charge in [0.1, 0.15) is 6.33 Å². The Hall–Kier alpha value is -0.0300. The number of hydrogen-bond donors (Lipinski definition) is 1. The van der Waals surface area contributed by atoms with E-state index in [-0.39, 0.29) is 29.6 Å². The summed E-state index contributed by atoms with van der Waals surface area (Å²) in [6.07, 6.45) is 6.92. The van der Waals surface area contributed by atoms with Crippen LogP contribution in [0, 0.1) is 0 Å². The summed E-state index contributed by atoms with van der Waals surface area (Å²) >= 11 is 4.17. The van der Waals surface area contributed by atoms with E-state index in [2.05, 4.69) is 22.6 Å². The smallest absolute Gasteiger partial charge is 0.152 e. The maximum Gasteiger partial charge on any atom is 0.152 e. The molecule has 2 heterocycles. The third-order valence-electron chi connectivity index (χ3n) is 1.29. The summed E-state index contributed by atoms with van der Waals surface area (Å²) in [5.74, 6) is 0. The van der Waals surface area contributed by atoms with Crippen LogP contribution >= 0.6 is 12.6 Å². The minimum absolute atomic E-state index is 0. The maximum absolute atomic E-state index is 4.17. The van der Waals surface area contributed by atoms with Gasteiger partial charge >= 0.3 is 0 Å². The molecule has 0 N–H and O–H groups in total. The molecule has 51 valence electrons. The molecule has 0 spiro atoms. The average molecular weight is 174 g/mol. The molecule has 0 fully saturated rings. The molecule has 2 aromatic heterocycles. The van der Waals surface area contributed by atoms with Crippen LogP contribution in [0.5, 0.6) is 0 Å². The Labute approximate surface area is 91.6 Å². The van der Waals surface area contributed by atoms with Gasteiger partial charge in [0.05, 0.1) is 4.90 Å². The number of thiol groups is 1. The zero-order valence-electron chi connectivity index (χ0n) is 6.10. The van der Waals surface area contributed by atoms with Gasteiger partial charge in [0, 0.05) is 48.1 Å². The van der Waals surface area contributed by atoms with Gasteiger partial charge < -0.3 is 0 Å². The van der Waals surface area contributed by atoms with E-state index in [0.29, 0.717) is 0 Å². The fourth-order valence-electron chi connectivity index (χ4n) is 0.838. The monoisotopic (exact) mass is 174 g/mol. The van der Waals surface area contributed by atoms with Crippen LogP contribution in [-0.4, -0.2) is 43.9 Å². The second-order valence-corrected chi connectivity index (χ2v) is 2.42. The topological polar surface area (TPSA) is 30.2 Å². The van der Waals surface area contributed by atoms with Crippen molar-refractivity contribution in [3.8, 4) is 0 Å². The largest absolute Gasteiger partial charge is 0.290 e. The molecule has 0 aromatic carbocycles. The SMILES string of the molecule is Sc1cncn2ccnc12.[Na]. The summed E-state index contributed by atoms with van der Waals surface area (Å²) in [7, 11) is 0. The molecule has 5 heteroatoms. The van der Waals surface area contributed by atoms with Gasteiger partial charge in [0.2, 0.25) is 0 Å². The van der Waals surface area contributed by atoms with Gasteiger partial charge in [-0.05, 0) is 0 Å². The van der Waals surface area contributed by atoms with Crippen molar-refractivity contribution < 1.29 is 0 Å². The van der Waals surface area contributed by atoms with Crippen LogP contribution in [0.15, 0.2) is 29.8 Å². The fourth-order valence-corrected chi connectivity index (χ4v) is 1.08. The molecular weight excluding hydrogens is 169 g/mol. The van der Waals surface area contributed by atoms with E-state index in [0.717, 1.165) is 10.5 Å². The Kier molecular flexibility index (Phi) is 2.95. The number of aromatic nitrogens is 3. The fraction of sp³-hybridized carbons (Fsp3) is 0. The van der Waals surface area contributed by atoms with E-state index in [1.165, 1.54) is 0 Å². The summed E-state index contributed by atoms with van der Waals surface area (Å²) < 4.78 is 1.82. The first-order valence-electron chi connectivity index (χ1n) is 2.83. The zero-order chi connectivity index (χ0) is 6.97. The van der Waals surface area contributed by atoms with Crippen molar-refractivity contribution in [3.05, 3.63) is 24.9 Å². The summed E-state index contributed by atoms with van der Waals surface area (Å²) in [4.78, 5) is 8.79. The third kappa shape index (κ3) is 1.59. The third-order valence-corrected chi connectivity index (χ3v) is 1.60. The Morgan fingerprint density at radius 1 is 1.45 bits per heavy atom. The van der Waals surface area contributed by atoms with E-state index in [1.54, 1.807) is 18.7 Å². The van der Waals surface area contributed by atoms with Crippen molar-refractivity contribution in [2.24, 2.45) is 0 Å². The van der Waals surface area contributed by atoms with Gasteiger partial charge in [-0.3, -0.25) is 4.40 Å². The second-order valence-electron chi connectivity index (χ2n) is 1.94. The molecule has 2 aromatic rings. The zero-order valence-corrected chi connectivity index (χ0v) is 8.99. The van der Waals surface area contributed by atoms with Crippen molar-refractivity contribution in [2.45, 2.75) is 4.90 Å². The summed E-state index contributed by atoms with van der Waals surface area (Å²) in [5.41, 5.74) is 0.846. The number of hydrogen-bond acceptors (Lipinski definition) is 3. The van der Waals surface area contributed by atoms with Gasteiger partial charge in [-0.2, -0.15) is 0 Å². The number of rotatable bonds is 0. The van der Waals surface area contributed by atoms with E-state index in [1.807, 2.05) is 10.6 Å². The number of fused-ring (bicyclic) bond motifs is 1. The van der Waals surface area contributed by atoms with E-state index in [9.17, 15) is 0 Å². The molecule has 0 unspecified atom stereocenters. The maximum atomic E-state index is 4.17. The van der Waals surface area contributed by atoms with Crippen molar-refractivity contribution in [2.75, 3.05) is 0 Å². The summed E-state index contributed by atoms with van der Waals surface area (Å²) in [6, 6.07) is 0. The van der Waals surface area contributed by atoms with Crippen LogP contribution in [0.1, 0.15) is 0 Å². The van der Waals surface area contributed by atoms with Crippen molar-refractivity contribution in [3.63, 3.8) is 0 Å². The van der Waals surface area contributed by atoms with Gasteiger partial charge in [-0.15, -0.1) is 12.6 Å². The molecule has 1 radical (unpaired) electrons. The molecule has 0 saturated carbocycles. The minimum atomic E-state index is 0. The molecule has 11 heavy (non-hydrogen) atoms. The quantitative estimate of drug-likeness (QED) is 0.469. The van der Waals surface area contributed by atoms with Crippen LogP contribution in [0.25, 0.3) is 5.65 Å². The van der Waals surface area contributed by atoms with Crippen LogP contribution in [-0.2, 0) is 0 Å². The van der Waals surface area contributed by atoms with Crippen LogP contribution < -0.4 is 0 Å². The molecule has 0 aliphatic heterocycles. The number of imidazole rings is 1. The van der Waals surface area contributed by atoms with Crippen LogP contribution in [0.4, 0.5) is 0 Å². The van der Waals surface area contributed by atoms with Crippen LogP contribution in [0.2, 0.25) is 0 Å². The standard InChI is InChI=1S/C6H5N3S.Na/c10-5-3-7-4-9-2-1-8-6(5)9;/h1-4,10H;. The molecule has 0 saturated heterocycles. The first kappa shape index (κ1) is 9.06. The normalized spacial score (nSPS) is 9.55. The number of nitrogens with zero attached hydrogens (tertiary/aromatic N) is 3. The van der Waals surface area contributed by atoms with Crippen LogP contribution in [0.3, 0.4) is 0 Å². The molecule has 0 aliphatic carbocycles. The first-order valence-corrected chi connectivity index (χ1v) is 3.28.